The Morgan fingerprint density at radius 2 is 1.88 bits per heavy atom. The summed E-state index contributed by atoms with van der Waals surface area (Å²) in [5.74, 6) is 0.166. The molecule has 0 aliphatic rings. The van der Waals surface area contributed by atoms with E-state index in [4.69, 9.17) is 4.74 Å². The van der Waals surface area contributed by atoms with Gasteiger partial charge in [0, 0.05) is 31.0 Å². The Kier molecular flexibility index (Phi) is 6.31. The first-order chi connectivity index (χ1) is 11.6. The largest absolute Gasteiger partial charge is 0.497 e. The van der Waals surface area contributed by atoms with Gasteiger partial charge in [0.05, 0.1) is 20.6 Å². The number of methoxy groups -OCH3 is 2. The van der Waals surface area contributed by atoms with E-state index in [0.717, 1.165) is 5.56 Å². The zero-order valence-electron chi connectivity index (χ0n) is 13.8. The van der Waals surface area contributed by atoms with Crippen LogP contribution in [-0.2, 0) is 16.1 Å². The van der Waals surface area contributed by atoms with Crippen LogP contribution in [0.4, 0.5) is 0 Å². The van der Waals surface area contributed by atoms with E-state index < -0.39 is 0 Å². The quantitative estimate of drug-likeness (QED) is 0.730. The lowest BCUT2D eigenvalue weighted by atomic mass is 10.1. The highest BCUT2D eigenvalue weighted by Gasteiger charge is 2.18. The lowest BCUT2D eigenvalue weighted by Crippen LogP contribution is -2.32. The Hall–Kier alpha value is -2.89. The van der Waals surface area contributed by atoms with Crippen LogP contribution in [0.25, 0.3) is 0 Å². The van der Waals surface area contributed by atoms with Crippen molar-refractivity contribution in [3.8, 4) is 5.75 Å². The molecule has 0 N–H and O–H groups in total. The number of hydrogen-bond donors (Lipinski definition) is 0. The summed E-state index contributed by atoms with van der Waals surface area (Å²) in [7, 11) is 2.90. The predicted molar refractivity (Wildman–Crippen MR) is 88.6 cm³/mol. The van der Waals surface area contributed by atoms with Gasteiger partial charge in [-0.15, -0.1) is 0 Å². The number of nitrogens with zero attached hydrogens (tertiary/aromatic N) is 2. The van der Waals surface area contributed by atoms with Gasteiger partial charge >= 0.3 is 5.97 Å². The number of benzene rings is 1. The first-order valence-corrected chi connectivity index (χ1v) is 7.53. The van der Waals surface area contributed by atoms with Crippen molar-refractivity contribution in [2.24, 2.45) is 0 Å². The Labute approximate surface area is 141 Å². The van der Waals surface area contributed by atoms with Gasteiger partial charge in [-0.1, -0.05) is 6.07 Å². The SMILES string of the molecule is COC(=O)CCN(Cc1cccnc1)C(=O)c1ccc(OC)cc1. The van der Waals surface area contributed by atoms with E-state index in [9.17, 15) is 9.59 Å². The molecule has 0 bridgehead atoms. The van der Waals surface area contributed by atoms with E-state index >= 15 is 0 Å². The predicted octanol–water partition coefficient (Wildman–Crippen LogP) is 2.30. The minimum Gasteiger partial charge on any atom is -0.497 e. The number of esters is 1. The summed E-state index contributed by atoms with van der Waals surface area (Å²) in [5.41, 5.74) is 1.42. The van der Waals surface area contributed by atoms with Crippen LogP contribution in [0.2, 0.25) is 0 Å². The summed E-state index contributed by atoms with van der Waals surface area (Å²) < 4.78 is 9.76. The average molecular weight is 328 g/mol. The van der Waals surface area contributed by atoms with Crippen LogP contribution < -0.4 is 4.74 Å². The van der Waals surface area contributed by atoms with Crippen molar-refractivity contribution in [2.75, 3.05) is 20.8 Å². The average Bonchev–Trinajstić information content (AvgIpc) is 2.65. The summed E-state index contributed by atoms with van der Waals surface area (Å²) in [6.07, 6.45) is 3.51. The summed E-state index contributed by atoms with van der Waals surface area (Å²) in [5, 5.41) is 0. The minimum atomic E-state index is -0.353. The molecule has 2 aromatic rings. The van der Waals surface area contributed by atoms with Gasteiger partial charge in [0.25, 0.3) is 5.91 Å². The number of carbonyl (C=O) groups is 2. The van der Waals surface area contributed by atoms with Gasteiger partial charge in [0.15, 0.2) is 0 Å². The standard InChI is InChI=1S/C18H20N2O4/c1-23-16-7-5-15(6-8-16)18(22)20(11-9-17(21)24-2)13-14-4-3-10-19-12-14/h3-8,10,12H,9,11,13H2,1-2H3. The Bertz CT molecular complexity index is 671. The van der Waals surface area contributed by atoms with Crippen LogP contribution in [0.15, 0.2) is 48.8 Å². The highest BCUT2D eigenvalue weighted by molar-refractivity contribution is 5.94. The molecule has 0 atom stereocenters. The van der Waals surface area contributed by atoms with Crippen LogP contribution in [-0.4, -0.2) is 42.5 Å². The third-order valence-electron chi connectivity index (χ3n) is 3.53. The van der Waals surface area contributed by atoms with Gasteiger partial charge in [-0.3, -0.25) is 14.6 Å². The maximum Gasteiger partial charge on any atom is 0.307 e. The molecule has 0 saturated carbocycles. The summed E-state index contributed by atoms with van der Waals surface area (Å²) in [6.45, 7) is 0.641. The van der Waals surface area contributed by atoms with Crippen molar-refractivity contribution in [3.05, 3.63) is 59.9 Å². The number of amides is 1. The number of carbonyl (C=O) groups excluding carboxylic acids is 2. The molecule has 0 fully saturated rings. The normalized spacial score (nSPS) is 10.1. The van der Waals surface area contributed by atoms with Gasteiger partial charge in [0.2, 0.25) is 0 Å². The Balaban J connectivity index is 2.15. The lowest BCUT2D eigenvalue weighted by Gasteiger charge is -2.22. The maximum atomic E-state index is 12.8. The molecule has 1 heterocycles. The van der Waals surface area contributed by atoms with Gasteiger partial charge < -0.3 is 14.4 Å². The number of ether oxygens (including phenoxy) is 2. The van der Waals surface area contributed by atoms with E-state index in [1.54, 1.807) is 48.7 Å². The zero-order chi connectivity index (χ0) is 17.4. The van der Waals surface area contributed by atoms with Crippen LogP contribution in [0.5, 0.6) is 5.75 Å². The molecule has 1 aromatic carbocycles. The molecule has 1 amide bonds. The molecule has 0 aliphatic heterocycles. The third kappa shape index (κ3) is 4.81. The molecular formula is C18H20N2O4. The molecule has 0 radical (unpaired) electrons. The van der Waals surface area contributed by atoms with E-state index in [1.165, 1.54) is 7.11 Å². The summed E-state index contributed by atoms with van der Waals surface area (Å²) in [6, 6.07) is 10.6. The van der Waals surface area contributed by atoms with Crippen LogP contribution in [0.3, 0.4) is 0 Å². The van der Waals surface area contributed by atoms with Crippen LogP contribution in [0.1, 0.15) is 22.3 Å². The van der Waals surface area contributed by atoms with Gasteiger partial charge in [-0.2, -0.15) is 0 Å². The summed E-state index contributed by atoms with van der Waals surface area (Å²) >= 11 is 0. The molecule has 126 valence electrons. The van der Waals surface area contributed by atoms with Crippen LogP contribution >= 0.6 is 0 Å². The van der Waals surface area contributed by atoms with Crippen molar-refractivity contribution in [1.29, 1.82) is 0 Å². The Morgan fingerprint density at radius 3 is 2.46 bits per heavy atom. The fraction of sp³-hybridized carbons (Fsp3) is 0.278. The molecule has 24 heavy (non-hydrogen) atoms. The molecule has 6 heteroatoms. The number of rotatable bonds is 7. The molecule has 2 rings (SSSR count). The topological polar surface area (TPSA) is 68.7 Å². The number of aromatic nitrogens is 1. The van der Waals surface area contributed by atoms with E-state index in [0.29, 0.717) is 17.9 Å². The third-order valence-corrected chi connectivity index (χ3v) is 3.53. The highest BCUT2D eigenvalue weighted by Crippen LogP contribution is 2.15. The van der Waals surface area contributed by atoms with E-state index in [-0.39, 0.29) is 24.8 Å². The maximum absolute atomic E-state index is 12.8. The van der Waals surface area contributed by atoms with Gasteiger partial charge in [0.1, 0.15) is 5.75 Å². The second-order valence-corrected chi connectivity index (χ2v) is 5.14. The van der Waals surface area contributed by atoms with Gasteiger partial charge in [-0.05, 0) is 35.9 Å². The smallest absolute Gasteiger partial charge is 0.307 e. The number of hydrogen-bond acceptors (Lipinski definition) is 5. The first-order valence-electron chi connectivity index (χ1n) is 7.53. The summed E-state index contributed by atoms with van der Waals surface area (Å²) in [4.78, 5) is 29.8. The van der Waals surface area contributed by atoms with Crippen molar-refractivity contribution >= 4 is 11.9 Å². The van der Waals surface area contributed by atoms with Gasteiger partial charge in [-0.25, -0.2) is 0 Å². The van der Waals surface area contributed by atoms with Crippen molar-refractivity contribution < 1.29 is 19.1 Å². The molecule has 1 aromatic heterocycles. The second kappa shape index (κ2) is 8.67. The van der Waals surface area contributed by atoms with Crippen molar-refractivity contribution in [1.82, 2.24) is 9.88 Å². The molecule has 0 spiro atoms. The molecule has 6 nitrogen and oxygen atoms in total. The Morgan fingerprint density at radius 1 is 1.12 bits per heavy atom. The van der Waals surface area contributed by atoms with E-state index in [2.05, 4.69) is 9.72 Å². The second-order valence-electron chi connectivity index (χ2n) is 5.14. The van der Waals surface area contributed by atoms with Crippen molar-refractivity contribution in [2.45, 2.75) is 13.0 Å². The monoisotopic (exact) mass is 328 g/mol. The number of pyridine rings is 1. The molecule has 0 unspecified atom stereocenters. The van der Waals surface area contributed by atoms with Crippen LogP contribution in [0, 0.1) is 0 Å². The fourth-order valence-electron chi connectivity index (χ4n) is 2.21. The minimum absolute atomic E-state index is 0.138. The highest BCUT2D eigenvalue weighted by atomic mass is 16.5. The molecular weight excluding hydrogens is 308 g/mol. The molecule has 0 aliphatic carbocycles. The lowest BCUT2D eigenvalue weighted by molar-refractivity contribution is -0.140. The van der Waals surface area contributed by atoms with Crippen molar-refractivity contribution in [3.63, 3.8) is 0 Å². The first kappa shape index (κ1) is 17.5. The van der Waals surface area contributed by atoms with E-state index in [1.807, 2.05) is 12.1 Å². The zero-order valence-corrected chi connectivity index (χ0v) is 13.8. The molecule has 0 saturated heterocycles. The fourth-order valence-corrected chi connectivity index (χ4v) is 2.21.